The summed E-state index contributed by atoms with van der Waals surface area (Å²) in [6.45, 7) is 2.39. The van der Waals surface area contributed by atoms with Gasteiger partial charge in [-0.05, 0) is 25.0 Å². The predicted octanol–water partition coefficient (Wildman–Crippen LogP) is 1.78. The minimum atomic E-state index is -0.956. The molecular formula is C12H22N2O3S. The molecule has 0 aromatic carbocycles. The Morgan fingerprint density at radius 2 is 2.22 bits per heavy atom. The van der Waals surface area contributed by atoms with E-state index < -0.39 is 12.0 Å². The summed E-state index contributed by atoms with van der Waals surface area (Å²) in [4.78, 5) is 24.1. The van der Waals surface area contributed by atoms with E-state index in [1.807, 2.05) is 11.8 Å². The summed E-state index contributed by atoms with van der Waals surface area (Å²) < 4.78 is 0. The van der Waals surface area contributed by atoms with Crippen LogP contribution in [0.1, 0.15) is 32.6 Å². The quantitative estimate of drug-likeness (QED) is 0.801. The molecule has 0 aromatic rings. The van der Waals surface area contributed by atoms with E-state index in [9.17, 15) is 9.59 Å². The second-order valence-corrected chi connectivity index (χ2v) is 5.96. The number of carboxylic acids is 1. The Kier molecular flexibility index (Phi) is 6.32. The number of hydrogen-bond acceptors (Lipinski definition) is 3. The monoisotopic (exact) mass is 274 g/mol. The number of urea groups is 1. The molecule has 6 heteroatoms. The van der Waals surface area contributed by atoms with Crippen molar-refractivity contribution >= 4 is 23.8 Å². The van der Waals surface area contributed by atoms with Gasteiger partial charge in [0.15, 0.2) is 0 Å². The summed E-state index contributed by atoms with van der Waals surface area (Å²) in [6.07, 6.45) is 4.02. The van der Waals surface area contributed by atoms with Crippen LogP contribution in [-0.2, 0) is 4.79 Å². The van der Waals surface area contributed by atoms with E-state index >= 15 is 0 Å². The Hall–Kier alpha value is -0.910. The number of hydrogen-bond donors (Lipinski definition) is 2. The lowest BCUT2D eigenvalue weighted by Crippen LogP contribution is -2.48. The topological polar surface area (TPSA) is 69.6 Å². The fourth-order valence-corrected chi connectivity index (χ4v) is 3.29. The molecule has 104 valence electrons. The first kappa shape index (κ1) is 15.1. The maximum absolute atomic E-state index is 11.8. The molecule has 1 saturated heterocycles. The van der Waals surface area contributed by atoms with Gasteiger partial charge in [-0.2, -0.15) is 11.8 Å². The highest BCUT2D eigenvalue weighted by Crippen LogP contribution is 2.24. The lowest BCUT2D eigenvalue weighted by atomic mass is 10.2. The number of carbonyl (C=O) groups excluding carboxylic acids is 1. The number of nitrogens with zero attached hydrogens (tertiary/aromatic N) is 1. The summed E-state index contributed by atoms with van der Waals surface area (Å²) in [7, 11) is 1.53. The van der Waals surface area contributed by atoms with E-state index in [1.165, 1.54) is 24.8 Å². The van der Waals surface area contributed by atoms with Gasteiger partial charge in [0.25, 0.3) is 0 Å². The molecule has 1 rings (SSSR count). The van der Waals surface area contributed by atoms with Crippen LogP contribution in [0.3, 0.4) is 0 Å². The molecular weight excluding hydrogens is 252 g/mol. The van der Waals surface area contributed by atoms with Gasteiger partial charge >= 0.3 is 12.0 Å². The summed E-state index contributed by atoms with van der Waals surface area (Å²) >= 11 is 1.89. The molecule has 0 aliphatic carbocycles. The Balaban J connectivity index is 2.36. The first-order valence-electron chi connectivity index (χ1n) is 6.41. The molecule has 2 atom stereocenters. The first-order chi connectivity index (χ1) is 8.56. The largest absolute Gasteiger partial charge is 0.480 e. The third-order valence-corrected chi connectivity index (χ3v) is 4.61. The highest BCUT2D eigenvalue weighted by molar-refractivity contribution is 7.99. The second kappa shape index (κ2) is 7.51. The molecule has 0 saturated carbocycles. The van der Waals surface area contributed by atoms with Gasteiger partial charge in [0.1, 0.15) is 6.04 Å². The highest BCUT2D eigenvalue weighted by Gasteiger charge is 2.25. The molecule has 1 fully saturated rings. The van der Waals surface area contributed by atoms with Crippen molar-refractivity contribution in [2.24, 2.45) is 0 Å². The van der Waals surface area contributed by atoms with Crippen LogP contribution in [0.15, 0.2) is 0 Å². The lowest BCUT2D eigenvalue weighted by Gasteiger charge is -2.26. The summed E-state index contributed by atoms with van der Waals surface area (Å²) in [5.41, 5.74) is 0. The van der Waals surface area contributed by atoms with Gasteiger partial charge in [-0.1, -0.05) is 13.3 Å². The lowest BCUT2D eigenvalue weighted by molar-refractivity contribution is -0.141. The predicted molar refractivity (Wildman–Crippen MR) is 73.0 cm³/mol. The van der Waals surface area contributed by atoms with Crippen LogP contribution in [0.4, 0.5) is 4.79 Å². The number of nitrogens with one attached hydrogen (secondary N) is 1. The van der Waals surface area contributed by atoms with E-state index in [-0.39, 0.29) is 6.03 Å². The third kappa shape index (κ3) is 4.40. The van der Waals surface area contributed by atoms with Gasteiger partial charge in [0, 0.05) is 18.8 Å². The number of thioether (sulfide) groups is 1. The smallest absolute Gasteiger partial charge is 0.326 e. The van der Waals surface area contributed by atoms with Gasteiger partial charge in [0.2, 0.25) is 0 Å². The van der Waals surface area contributed by atoms with Crippen LogP contribution in [-0.4, -0.2) is 52.6 Å². The maximum Gasteiger partial charge on any atom is 0.326 e. The molecule has 2 unspecified atom stereocenters. The summed E-state index contributed by atoms with van der Waals surface area (Å²) in [5.74, 6) is 0.200. The zero-order valence-electron chi connectivity index (χ0n) is 11.0. The summed E-state index contributed by atoms with van der Waals surface area (Å²) in [6, 6.07) is -1.04. The van der Waals surface area contributed by atoms with E-state index in [0.29, 0.717) is 18.2 Å². The number of aliphatic carboxylic acids is 1. The second-order valence-electron chi connectivity index (χ2n) is 4.55. The molecule has 2 N–H and O–H groups in total. The van der Waals surface area contributed by atoms with Gasteiger partial charge < -0.3 is 15.3 Å². The van der Waals surface area contributed by atoms with Crippen LogP contribution >= 0.6 is 11.8 Å². The Morgan fingerprint density at radius 1 is 1.50 bits per heavy atom. The molecule has 1 aliphatic rings. The molecule has 0 bridgehead atoms. The molecule has 0 radical (unpaired) electrons. The average Bonchev–Trinajstić information content (AvgIpc) is 2.37. The number of rotatable bonds is 5. The molecule has 1 aliphatic heterocycles. The van der Waals surface area contributed by atoms with Crippen LogP contribution in [0, 0.1) is 0 Å². The van der Waals surface area contributed by atoms with Gasteiger partial charge in [-0.3, -0.25) is 0 Å². The van der Waals surface area contributed by atoms with E-state index in [1.54, 1.807) is 6.92 Å². The maximum atomic E-state index is 11.8. The normalized spacial score (nSPS) is 21.1. The Morgan fingerprint density at radius 3 is 2.72 bits per heavy atom. The standard InChI is InChI=1S/C12H22N2O3S/c1-3-10(11(15)16)14(2)12(17)13-8-9-6-4-5-7-18-9/h9-10H,3-8H2,1-2H3,(H,13,17)(H,15,16). The molecule has 18 heavy (non-hydrogen) atoms. The zero-order valence-corrected chi connectivity index (χ0v) is 11.8. The Labute approximate surface area is 112 Å². The van der Waals surface area contributed by atoms with Crippen molar-refractivity contribution < 1.29 is 14.7 Å². The minimum Gasteiger partial charge on any atom is -0.480 e. The average molecular weight is 274 g/mol. The van der Waals surface area contributed by atoms with Crippen molar-refractivity contribution in [3.05, 3.63) is 0 Å². The molecule has 1 heterocycles. The van der Waals surface area contributed by atoms with Gasteiger partial charge in [-0.25, -0.2) is 9.59 Å². The van der Waals surface area contributed by atoms with Crippen molar-refractivity contribution in [1.82, 2.24) is 10.2 Å². The van der Waals surface area contributed by atoms with Crippen LogP contribution in [0.2, 0.25) is 0 Å². The third-order valence-electron chi connectivity index (χ3n) is 3.21. The fraction of sp³-hybridized carbons (Fsp3) is 0.833. The Bertz CT molecular complexity index is 293. The number of likely N-dealkylation sites (N-methyl/N-ethyl adjacent to an activating group) is 1. The molecule has 5 nitrogen and oxygen atoms in total. The van der Waals surface area contributed by atoms with Crippen molar-refractivity contribution in [2.75, 3.05) is 19.3 Å². The van der Waals surface area contributed by atoms with E-state index in [4.69, 9.17) is 5.11 Å². The number of carboxylic acid groups (broad SMARTS) is 1. The van der Waals surface area contributed by atoms with Crippen LogP contribution in [0.25, 0.3) is 0 Å². The molecule has 0 aromatic heterocycles. The summed E-state index contributed by atoms with van der Waals surface area (Å²) in [5, 5.41) is 12.3. The molecule has 2 amide bonds. The highest BCUT2D eigenvalue weighted by atomic mass is 32.2. The zero-order chi connectivity index (χ0) is 13.5. The van der Waals surface area contributed by atoms with Gasteiger partial charge in [0.05, 0.1) is 0 Å². The van der Waals surface area contributed by atoms with Gasteiger partial charge in [-0.15, -0.1) is 0 Å². The van der Waals surface area contributed by atoms with Crippen molar-refractivity contribution in [2.45, 2.75) is 43.9 Å². The SMILES string of the molecule is CCC(C(=O)O)N(C)C(=O)NCC1CCCCS1. The van der Waals surface area contributed by atoms with Crippen molar-refractivity contribution in [3.63, 3.8) is 0 Å². The van der Waals surface area contributed by atoms with Crippen LogP contribution < -0.4 is 5.32 Å². The van der Waals surface area contributed by atoms with E-state index in [0.717, 1.165) is 12.2 Å². The van der Waals surface area contributed by atoms with Crippen molar-refractivity contribution in [3.8, 4) is 0 Å². The van der Waals surface area contributed by atoms with Crippen LogP contribution in [0.5, 0.6) is 0 Å². The first-order valence-corrected chi connectivity index (χ1v) is 7.46. The number of carbonyl (C=O) groups is 2. The van der Waals surface area contributed by atoms with E-state index in [2.05, 4.69) is 5.32 Å². The number of amides is 2. The fourth-order valence-electron chi connectivity index (χ4n) is 2.05. The minimum absolute atomic E-state index is 0.296. The van der Waals surface area contributed by atoms with Crippen molar-refractivity contribution in [1.29, 1.82) is 0 Å². The molecule has 0 spiro atoms.